The summed E-state index contributed by atoms with van der Waals surface area (Å²) in [7, 11) is 1.39. The van der Waals surface area contributed by atoms with Crippen LogP contribution in [-0.4, -0.2) is 35.8 Å². The molecule has 0 spiro atoms. The number of ether oxygens (including phenoxy) is 2. The molecule has 1 aromatic carbocycles. The maximum absolute atomic E-state index is 12.5. The van der Waals surface area contributed by atoms with E-state index in [9.17, 15) is 23.5 Å². The summed E-state index contributed by atoms with van der Waals surface area (Å²) >= 11 is 0. The summed E-state index contributed by atoms with van der Waals surface area (Å²) in [6, 6.07) is 4.51. The van der Waals surface area contributed by atoms with Gasteiger partial charge >= 0.3 is 5.97 Å². The van der Waals surface area contributed by atoms with Crippen LogP contribution in [-0.2, 0) is 6.42 Å². The van der Waals surface area contributed by atoms with Crippen molar-refractivity contribution in [3.05, 3.63) is 51.3 Å². The zero-order chi connectivity index (χ0) is 20.6. The fourth-order valence-corrected chi connectivity index (χ4v) is 3.22. The number of nitrogens with zero attached hydrogens (tertiary/aromatic N) is 1. The molecule has 0 saturated heterocycles. The molecule has 0 unspecified atom stereocenters. The molecule has 28 heavy (non-hydrogen) atoms. The first-order valence-electron chi connectivity index (χ1n) is 8.51. The van der Waals surface area contributed by atoms with Crippen LogP contribution in [0, 0.1) is 0 Å². The number of carbonyl (C=O) groups is 1. The first-order valence-corrected chi connectivity index (χ1v) is 8.51. The van der Waals surface area contributed by atoms with Crippen LogP contribution >= 0.6 is 0 Å². The largest absolute Gasteiger partial charge is 0.493 e. The van der Waals surface area contributed by atoms with Gasteiger partial charge < -0.3 is 19.1 Å². The van der Waals surface area contributed by atoms with Gasteiger partial charge in [0.2, 0.25) is 0 Å². The van der Waals surface area contributed by atoms with E-state index in [4.69, 9.17) is 9.47 Å². The van der Waals surface area contributed by atoms with Crippen LogP contribution in [0.4, 0.5) is 8.78 Å². The van der Waals surface area contributed by atoms with E-state index < -0.39 is 24.4 Å². The minimum absolute atomic E-state index is 0.188. The van der Waals surface area contributed by atoms with Gasteiger partial charge in [0.25, 0.3) is 6.43 Å². The number of carboxylic acid groups (broad SMARTS) is 1. The molecular weight excluding hydrogens is 372 g/mol. The Kier molecular flexibility index (Phi) is 5.22. The number of aromatic nitrogens is 1. The maximum atomic E-state index is 12.5. The van der Waals surface area contributed by atoms with E-state index in [1.54, 1.807) is 16.7 Å². The molecule has 8 heteroatoms. The molecule has 0 fully saturated rings. The monoisotopic (exact) mass is 391 g/mol. The molecule has 3 rings (SSSR count). The number of allylic oxidation sites excluding steroid dienone is 2. The molecule has 0 bridgehead atoms. The predicted molar refractivity (Wildman–Crippen MR) is 99.4 cm³/mol. The number of benzene rings is 1. The van der Waals surface area contributed by atoms with Crippen molar-refractivity contribution in [2.45, 2.75) is 26.7 Å². The Morgan fingerprint density at radius 1 is 1.25 bits per heavy atom. The minimum atomic E-state index is -2.62. The smallest absolute Gasteiger partial charge is 0.341 e. The Morgan fingerprint density at radius 2 is 1.96 bits per heavy atom. The van der Waals surface area contributed by atoms with E-state index in [-0.39, 0.29) is 17.1 Å². The highest BCUT2D eigenvalue weighted by Crippen LogP contribution is 2.41. The van der Waals surface area contributed by atoms with Gasteiger partial charge in [-0.25, -0.2) is 13.6 Å². The van der Waals surface area contributed by atoms with Gasteiger partial charge in [-0.3, -0.25) is 4.79 Å². The molecule has 0 amide bonds. The summed E-state index contributed by atoms with van der Waals surface area (Å²) in [4.78, 5) is 23.6. The van der Waals surface area contributed by atoms with Crippen LogP contribution in [0.1, 0.15) is 29.8 Å². The van der Waals surface area contributed by atoms with E-state index in [2.05, 4.69) is 0 Å². The Balaban J connectivity index is 2.25. The SMILES string of the molecule is COc1cc2c(cc1OCC(F)F)CC(=C(C)C)n1cc(C(=O)O)c(=O)cc1-2. The average molecular weight is 391 g/mol. The fraction of sp³-hybridized carbons (Fsp3) is 0.300. The van der Waals surface area contributed by atoms with Crippen LogP contribution in [0.3, 0.4) is 0 Å². The summed E-state index contributed by atoms with van der Waals surface area (Å²) in [6.45, 7) is 2.99. The molecule has 0 saturated carbocycles. The molecule has 1 aromatic heterocycles. The van der Waals surface area contributed by atoms with Gasteiger partial charge in [0, 0.05) is 29.9 Å². The van der Waals surface area contributed by atoms with Crippen molar-refractivity contribution in [2.75, 3.05) is 13.7 Å². The van der Waals surface area contributed by atoms with E-state index in [1.807, 2.05) is 13.8 Å². The molecule has 1 aliphatic heterocycles. The van der Waals surface area contributed by atoms with Crippen LogP contribution in [0.15, 0.2) is 34.8 Å². The highest BCUT2D eigenvalue weighted by Gasteiger charge is 2.25. The van der Waals surface area contributed by atoms with E-state index >= 15 is 0 Å². The second-order valence-corrected chi connectivity index (χ2v) is 6.60. The summed E-state index contributed by atoms with van der Waals surface area (Å²) in [6.07, 6.45) is -0.886. The van der Waals surface area contributed by atoms with Gasteiger partial charge in [-0.05, 0) is 31.5 Å². The molecule has 1 aliphatic rings. The zero-order valence-electron chi connectivity index (χ0n) is 15.6. The van der Waals surface area contributed by atoms with Crippen molar-refractivity contribution < 1.29 is 28.2 Å². The third-order valence-corrected chi connectivity index (χ3v) is 4.54. The van der Waals surface area contributed by atoms with E-state index in [0.717, 1.165) is 16.8 Å². The van der Waals surface area contributed by atoms with Crippen LogP contribution < -0.4 is 14.9 Å². The van der Waals surface area contributed by atoms with Crippen molar-refractivity contribution in [1.29, 1.82) is 0 Å². The summed E-state index contributed by atoms with van der Waals surface area (Å²) in [5, 5.41) is 9.28. The summed E-state index contributed by atoms with van der Waals surface area (Å²) in [5.74, 6) is -0.860. The molecule has 6 nitrogen and oxygen atoms in total. The van der Waals surface area contributed by atoms with Crippen LogP contribution in [0.2, 0.25) is 0 Å². The van der Waals surface area contributed by atoms with Gasteiger partial charge in [-0.15, -0.1) is 0 Å². The lowest BCUT2D eigenvalue weighted by Crippen LogP contribution is -2.22. The van der Waals surface area contributed by atoms with Gasteiger partial charge in [-0.1, -0.05) is 5.57 Å². The lowest BCUT2D eigenvalue weighted by atomic mass is 9.92. The van der Waals surface area contributed by atoms with Gasteiger partial charge in [0.15, 0.2) is 16.9 Å². The number of hydrogen-bond acceptors (Lipinski definition) is 4. The Labute approximate surface area is 159 Å². The van der Waals surface area contributed by atoms with Gasteiger partial charge in [-0.2, -0.15) is 0 Å². The zero-order valence-corrected chi connectivity index (χ0v) is 15.6. The molecule has 148 valence electrons. The second kappa shape index (κ2) is 7.46. The van der Waals surface area contributed by atoms with Crippen molar-refractivity contribution >= 4 is 11.7 Å². The Morgan fingerprint density at radius 3 is 2.54 bits per heavy atom. The molecule has 1 N–H and O–H groups in total. The normalized spacial score (nSPS) is 12.4. The molecule has 2 aromatic rings. The topological polar surface area (TPSA) is 77.8 Å². The molecule has 0 aliphatic carbocycles. The first kappa shape index (κ1) is 19.6. The number of hydrogen-bond donors (Lipinski definition) is 1. The van der Waals surface area contributed by atoms with Crippen molar-refractivity contribution in [2.24, 2.45) is 0 Å². The number of halogens is 2. The number of methoxy groups -OCH3 is 1. The minimum Gasteiger partial charge on any atom is -0.493 e. The summed E-state index contributed by atoms with van der Waals surface area (Å²) in [5.41, 5.74) is 2.72. The lowest BCUT2D eigenvalue weighted by molar-refractivity contribution is 0.0694. The Hall–Kier alpha value is -3.16. The standard InChI is InChI=1S/C20H19F2NO5/c1-10(2)14-4-11-5-18(28-9-19(21)22)17(27-3)6-12(11)15-7-16(24)13(20(25)26)8-23(14)15/h5-8,19H,4,9H2,1-3H3,(H,25,26). The third-order valence-electron chi connectivity index (χ3n) is 4.54. The fourth-order valence-electron chi connectivity index (χ4n) is 3.22. The molecule has 0 radical (unpaired) electrons. The number of pyridine rings is 1. The van der Waals surface area contributed by atoms with Crippen LogP contribution in [0.5, 0.6) is 11.5 Å². The second-order valence-electron chi connectivity index (χ2n) is 6.60. The predicted octanol–water partition coefficient (Wildman–Crippen LogP) is 3.67. The highest BCUT2D eigenvalue weighted by atomic mass is 19.3. The highest BCUT2D eigenvalue weighted by molar-refractivity contribution is 5.89. The third kappa shape index (κ3) is 3.49. The van der Waals surface area contributed by atoms with Crippen LogP contribution in [0.25, 0.3) is 17.0 Å². The van der Waals surface area contributed by atoms with Crippen molar-refractivity contribution in [1.82, 2.24) is 4.57 Å². The van der Waals surface area contributed by atoms with Crippen molar-refractivity contribution in [3.63, 3.8) is 0 Å². The lowest BCUT2D eigenvalue weighted by Gasteiger charge is -2.27. The van der Waals surface area contributed by atoms with E-state index in [1.165, 1.54) is 19.4 Å². The number of rotatable bonds is 5. The number of fused-ring (bicyclic) bond motifs is 3. The molecular formula is C20H19F2NO5. The first-order chi connectivity index (χ1) is 13.2. The Bertz CT molecular complexity index is 1040. The van der Waals surface area contributed by atoms with Gasteiger partial charge in [0.05, 0.1) is 12.8 Å². The number of alkyl halides is 2. The van der Waals surface area contributed by atoms with Crippen molar-refractivity contribution in [3.8, 4) is 22.8 Å². The maximum Gasteiger partial charge on any atom is 0.341 e. The van der Waals surface area contributed by atoms with E-state index in [0.29, 0.717) is 17.7 Å². The number of aromatic carboxylic acids is 1. The quantitative estimate of drug-likeness (QED) is 0.842. The molecule has 0 atom stereocenters. The average Bonchev–Trinajstić information content (AvgIpc) is 2.63. The molecule has 2 heterocycles. The van der Waals surface area contributed by atoms with Gasteiger partial charge in [0.1, 0.15) is 12.2 Å². The summed E-state index contributed by atoms with van der Waals surface area (Å²) < 4.78 is 37.2. The number of carboxylic acids is 1.